The predicted octanol–water partition coefficient (Wildman–Crippen LogP) is 8.50. The molecule has 3 saturated heterocycles. The first kappa shape index (κ1) is 55.2. The molecule has 0 radical (unpaired) electrons. The van der Waals surface area contributed by atoms with Gasteiger partial charge in [-0.1, -0.05) is 23.7 Å². The number of nitrogens with one attached hydrogen (secondary N) is 4. The van der Waals surface area contributed by atoms with Crippen molar-refractivity contribution < 1.29 is 37.8 Å². The van der Waals surface area contributed by atoms with E-state index in [9.17, 15) is 9.59 Å². The lowest BCUT2D eigenvalue weighted by molar-refractivity contribution is 0.00578. The van der Waals surface area contributed by atoms with Crippen LogP contribution in [0.1, 0.15) is 121 Å². The van der Waals surface area contributed by atoms with Crippen molar-refractivity contribution in [1.82, 2.24) is 40.4 Å². The third-order valence-corrected chi connectivity index (χ3v) is 19.3. The number of hydrogen-bond donors (Lipinski definition) is 4. The second-order valence-electron chi connectivity index (χ2n) is 24.9. The van der Waals surface area contributed by atoms with Crippen molar-refractivity contribution in [2.75, 3.05) is 78.9 Å². The van der Waals surface area contributed by atoms with Gasteiger partial charge < -0.3 is 48.9 Å². The summed E-state index contributed by atoms with van der Waals surface area (Å²) in [6, 6.07) is 20.3. The molecule has 15 rings (SSSR count). The number of benzene rings is 2. The highest BCUT2D eigenvalue weighted by atomic mass is 35.5. The third-order valence-electron chi connectivity index (χ3n) is 19.1. The Bertz CT molecular complexity index is 3320. The molecule has 2 amide bonds. The number of carbonyl (C=O) groups is 2. The third kappa shape index (κ3) is 11.0. The molecule has 18 heteroatoms. The minimum Gasteiger partial charge on any atom is -0.492 e. The number of nitrogens with zero attached hydrogens (tertiary/aromatic N) is 4. The van der Waals surface area contributed by atoms with Crippen LogP contribution < -0.4 is 25.6 Å². The number of rotatable bonds is 10. The van der Waals surface area contributed by atoms with Crippen LogP contribution in [0, 0.1) is 0 Å². The molecule has 0 unspecified atom stereocenters. The summed E-state index contributed by atoms with van der Waals surface area (Å²) in [5.41, 5.74) is 15.6. The molecule has 5 fully saturated rings. The monoisotopic (exact) mass is 1130 g/mol. The molecule has 82 heavy (non-hydrogen) atoms. The van der Waals surface area contributed by atoms with Crippen LogP contribution in [0.3, 0.4) is 0 Å². The Morgan fingerprint density at radius 3 is 1.55 bits per heavy atom. The van der Waals surface area contributed by atoms with Crippen molar-refractivity contribution >= 4 is 36.0 Å². The number of aryl methyl sites for hydroxylation is 2. The molecule has 2 spiro atoms. The highest BCUT2D eigenvalue weighted by Crippen LogP contribution is 2.46. The number of hydrogen-bond acceptors (Lipinski definition) is 12. The number of ether oxygens (including phenoxy) is 4. The number of aromatic amines is 2. The summed E-state index contributed by atoms with van der Waals surface area (Å²) in [6.07, 6.45) is 16.1. The Morgan fingerprint density at radius 2 is 1.07 bits per heavy atom. The molecular weight excluding hydrogens is 1060 g/mol. The van der Waals surface area contributed by atoms with Gasteiger partial charge in [0.05, 0.1) is 65.8 Å². The van der Waals surface area contributed by atoms with E-state index in [2.05, 4.69) is 81.3 Å². The fraction of sp³-hybridized carbons (Fsp3) is 0.500. The predicted molar refractivity (Wildman–Crippen MR) is 316 cm³/mol. The second kappa shape index (κ2) is 22.5. The molecular formula is C64H76BClN8O8. The largest absolute Gasteiger partial charge is 0.494 e. The molecule has 0 atom stereocenters. The fourth-order valence-corrected chi connectivity index (χ4v) is 13.4. The van der Waals surface area contributed by atoms with E-state index >= 15 is 0 Å². The summed E-state index contributed by atoms with van der Waals surface area (Å²) in [7, 11) is -0.322. The number of amides is 2. The Balaban J connectivity index is 0.000000120. The quantitative estimate of drug-likeness (QED) is 0.0761. The van der Waals surface area contributed by atoms with E-state index in [1.165, 1.54) is 35.1 Å². The van der Waals surface area contributed by atoms with Gasteiger partial charge in [-0.05, 0) is 168 Å². The fourth-order valence-electron chi connectivity index (χ4n) is 13.3. The zero-order valence-corrected chi connectivity index (χ0v) is 48.7. The first-order chi connectivity index (χ1) is 39.7. The molecule has 430 valence electrons. The highest BCUT2D eigenvalue weighted by Gasteiger charge is 2.52. The van der Waals surface area contributed by atoms with Crippen LogP contribution in [-0.4, -0.2) is 150 Å². The lowest BCUT2D eigenvalue weighted by atomic mass is 9.71. The van der Waals surface area contributed by atoms with E-state index in [4.69, 9.17) is 44.8 Å². The minimum absolute atomic E-state index is 0.0102. The smallest absolute Gasteiger partial charge is 0.492 e. The maximum Gasteiger partial charge on any atom is 0.494 e. The van der Waals surface area contributed by atoms with Crippen molar-refractivity contribution in [3.8, 4) is 45.3 Å². The average Bonchev–Trinajstić information content (AvgIpc) is 4.34. The number of aromatic nitrogens is 4. The number of morpholine rings is 2. The summed E-state index contributed by atoms with van der Waals surface area (Å²) in [5.74, 6) is 1.96. The number of pyridine rings is 2. The summed E-state index contributed by atoms with van der Waals surface area (Å²) in [5, 5.41) is 7.09. The van der Waals surface area contributed by atoms with Gasteiger partial charge in [0.2, 0.25) is 0 Å². The first-order valence-electron chi connectivity index (χ1n) is 29.9. The molecule has 9 heterocycles. The SMILES string of the molecule is CC1(C)OB(c2ccc(OCCN3CCOCC3)cc2)OC1(C)C.O=C1NC2(CCC2)Cc2[nH]c3c(c21)CCc1cnc(-c2ccc(OCCN4CCOCC4)cc2)cc1-3.O=C1NC2(CCC2)Cc2[nH]c3c(c21)CCc1cnc(Cl)cc1-3. The molecule has 4 N–H and O–H groups in total. The van der Waals surface area contributed by atoms with E-state index in [0.717, 1.165) is 203 Å². The van der Waals surface area contributed by atoms with E-state index < -0.39 is 0 Å². The van der Waals surface area contributed by atoms with Gasteiger partial charge in [0.25, 0.3) is 11.8 Å². The van der Waals surface area contributed by atoms with E-state index in [0.29, 0.717) is 18.4 Å². The van der Waals surface area contributed by atoms with Crippen LogP contribution in [0.15, 0.2) is 73.1 Å². The number of fused-ring (bicyclic) bond motifs is 10. The maximum atomic E-state index is 13.1. The standard InChI is InChI=1S/C29H32N4O3.C18H28BNO4.C17H16ClN3O/c34-28-26-22-7-4-20-18-30-24(16-23(20)27(22)31-25(26)17-29(32-28)8-1-9-29)19-2-5-21(6-3-19)36-15-12-33-10-13-35-14-11-33;1-17(2)18(3,4)24-19(23-17)15-5-7-16(8-6-15)22-14-11-20-9-12-21-13-10-20;18-13-6-11-9(8-19-13)2-3-10-14-12(20-15(10)11)7-17(4-1-5-17)21-16(14)22/h2-3,5-6,16,18,31H,1,4,7-15,17H2,(H,32,34);5-8H,9-14H2,1-4H3;6,8,20H,1-5,7H2,(H,21,22). The van der Waals surface area contributed by atoms with Crippen LogP contribution in [0.4, 0.5) is 0 Å². The maximum absolute atomic E-state index is 13.1. The summed E-state index contributed by atoms with van der Waals surface area (Å²) >= 11 is 6.07. The molecule has 4 aromatic heterocycles. The summed E-state index contributed by atoms with van der Waals surface area (Å²) in [4.78, 5) is 46.6. The van der Waals surface area contributed by atoms with E-state index in [1.54, 1.807) is 0 Å². The Morgan fingerprint density at radius 1 is 0.610 bits per heavy atom. The lowest BCUT2D eigenvalue weighted by Crippen LogP contribution is -2.58. The molecule has 2 aromatic carbocycles. The van der Waals surface area contributed by atoms with Gasteiger partial charge in [0.1, 0.15) is 29.9 Å². The second-order valence-corrected chi connectivity index (χ2v) is 25.3. The van der Waals surface area contributed by atoms with Crippen LogP contribution in [0.2, 0.25) is 5.15 Å². The van der Waals surface area contributed by atoms with Gasteiger partial charge in [-0.15, -0.1) is 0 Å². The van der Waals surface area contributed by atoms with Crippen molar-refractivity contribution in [2.45, 2.75) is 127 Å². The molecule has 4 aliphatic carbocycles. The topological polar surface area (TPSA) is 177 Å². The van der Waals surface area contributed by atoms with Gasteiger partial charge in [-0.2, -0.15) is 0 Å². The van der Waals surface area contributed by atoms with Gasteiger partial charge >= 0.3 is 7.12 Å². The number of carbonyl (C=O) groups excluding carboxylic acids is 2. The van der Waals surface area contributed by atoms with Crippen LogP contribution in [-0.2, 0) is 57.3 Å². The van der Waals surface area contributed by atoms with Crippen LogP contribution in [0.25, 0.3) is 33.8 Å². The lowest BCUT2D eigenvalue weighted by Gasteiger charge is -2.45. The van der Waals surface area contributed by atoms with Crippen molar-refractivity contribution in [3.05, 3.63) is 123 Å². The van der Waals surface area contributed by atoms with Gasteiger partial charge in [-0.3, -0.25) is 24.4 Å². The van der Waals surface area contributed by atoms with E-state index in [-0.39, 0.29) is 41.2 Å². The normalized spacial score (nSPS) is 21.3. The summed E-state index contributed by atoms with van der Waals surface area (Å²) < 4.78 is 34.7. The van der Waals surface area contributed by atoms with Gasteiger partial charge in [-0.25, -0.2) is 4.98 Å². The van der Waals surface area contributed by atoms with Crippen LogP contribution in [0.5, 0.6) is 11.5 Å². The average molecular weight is 1130 g/mol. The van der Waals surface area contributed by atoms with Gasteiger partial charge in [0.15, 0.2) is 0 Å². The zero-order valence-electron chi connectivity index (χ0n) is 47.9. The Labute approximate surface area is 486 Å². The molecule has 6 aromatic rings. The Hall–Kier alpha value is -6.05. The zero-order chi connectivity index (χ0) is 56.2. The molecule has 0 bridgehead atoms. The number of halogens is 1. The summed E-state index contributed by atoms with van der Waals surface area (Å²) in [6.45, 7) is 18.7. The van der Waals surface area contributed by atoms with Crippen molar-refractivity contribution in [1.29, 1.82) is 0 Å². The molecule has 9 aliphatic rings. The van der Waals surface area contributed by atoms with E-state index in [1.807, 2.05) is 54.9 Å². The minimum atomic E-state index is -0.322. The Kier molecular flexibility index (Phi) is 15.1. The van der Waals surface area contributed by atoms with Crippen molar-refractivity contribution in [2.24, 2.45) is 0 Å². The molecule has 5 aliphatic heterocycles. The van der Waals surface area contributed by atoms with Crippen LogP contribution >= 0.6 is 11.6 Å². The highest BCUT2D eigenvalue weighted by molar-refractivity contribution is 6.62. The van der Waals surface area contributed by atoms with Gasteiger partial charge in [0, 0.05) is 104 Å². The molecule has 2 saturated carbocycles. The first-order valence-corrected chi connectivity index (χ1v) is 30.3. The number of H-pyrrole nitrogens is 2. The molecule has 16 nitrogen and oxygen atoms in total. The van der Waals surface area contributed by atoms with Crippen molar-refractivity contribution in [3.63, 3.8) is 0 Å².